The van der Waals surface area contributed by atoms with Crippen LogP contribution in [0.3, 0.4) is 0 Å². The molecule has 2 rings (SSSR count). The molecule has 0 radical (unpaired) electrons. The zero-order valence-corrected chi connectivity index (χ0v) is 9.74. The zero-order chi connectivity index (χ0) is 13.2. The molecule has 0 aromatic carbocycles. The van der Waals surface area contributed by atoms with E-state index in [4.69, 9.17) is 5.73 Å². The first-order valence-corrected chi connectivity index (χ1v) is 5.85. The van der Waals surface area contributed by atoms with Gasteiger partial charge in [-0.05, 0) is 37.3 Å². The van der Waals surface area contributed by atoms with E-state index in [0.29, 0.717) is 18.3 Å². The highest BCUT2D eigenvalue weighted by Crippen LogP contribution is 2.27. The summed E-state index contributed by atoms with van der Waals surface area (Å²) in [5.41, 5.74) is 4.81. The van der Waals surface area contributed by atoms with Crippen molar-refractivity contribution in [1.29, 1.82) is 0 Å². The van der Waals surface area contributed by atoms with Gasteiger partial charge in [-0.15, -0.1) is 10.2 Å². The number of nitrogens with two attached hydrogens (primary N) is 1. The van der Waals surface area contributed by atoms with Gasteiger partial charge in [-0.1, -0.05) is 0 Å². The van der Waals surface area contributed by atoms with E-state index in [1.54, 1.807) is 0 Å². The van der Waals surface area contributed by atoms with Crippen molar-refractivity contribution in [2.75, 3.05) is 11.9 Å². The SMILES string of the molecule is NC1CCC(CNc2ccc(C(F)(F)F)nn2)C1. The van der Waals surface area contributed by atoms with Gasteiger partial charge in [-0.3, -0.25) is 0 Å². The molecule has 1 saturated carbocycles. The summed E-state index contributed by atoms with van der Waals surface area (Å²) >= 11 is 0. The molecule has 2 unspecified atom stereocenters. The van der Waals surface area contributed by atoms with Crippen LogP contribution in [0, 0.1) is 5.92 Å². The standard InChI is InChI=1S/C11H15F3N4/c12-11(13,14)9-3-4-10(18-17-9)16-6-7-1-2-8(15)5-7/h3-4,7-8H,1-2,5-6,15H2,(H,16,18). The fraction of sp³-hybridized carbons (Fsp3) is 0.636. The van der Waals surface area contributed by atoms with Gasteiger partial charge in [0.2, 0.25) is 0 Å². The molecule has 0 bridgehead atoms. The summed E-state index contributed by atoms with van der Waals surface area (Å²) < 4.78 is 36.8. The molecule has 0 amide bonds. The summed E-state index contributed by atoms with van der Waals surface area (Å²) in [4.78, 5) is 0. The molecule has 2 atom stereocenters. The molecule has 18 heavy (non-hydrogen) atoms. The largest absolute Gasteiger partial charge is 0.435 e. The van der Waals surface area contributed by atoms with Crippen molar-refractivity contribution in [2.45, 2.75) is 31.5 Å². The van der Waals surface area contributed by atoms with E-state index in [9.17, 15) is 13.2 Å². The van der Waals surface area contributed by atoms with E-state index < -0.39 is 11.9 Å². The normalized spacial score (nSPS) is 24.2. The summed E-state index contributed by atoms with van der Waals surface area (Å²) in [5.74, 6) is 0.826. The first-order chi connectivity index (χ1) is 8.45. The fourth-order valence-corrected chi connectivity index (χ4v) is 2.13. The fourth-order valence-electron chi connectivity index (χ4n) is 2.13. The topological polar surface area (TPSA) is 63.8 Å². The number of rotatable bonds is 3. The Morgan fingerprint density at radius 2 is 2.06 bits per heavy atom. The molecule has 100 valence electrons. The average Bonchev–Trinajstić information content (AvgIpc) is 2.72. The van der Waals surface area contributed by atoms with Crippen LogP contribution in [-0.2, 0) is 6.18 Å². The second kappa shape index (κ2) is 5.09. The monoisotopic (exact) mass is 260 g/mol. The molecule has 1 heterocycles. The molecule has 0 saturated heterocycles. The van der Waals surface area contributed by atoms with Crippen LogP contribution in [0.15, 0.2) is 12.1 Å². The van der Waals surface area contributed by atoms with Gasteiger partial charge in [0.05, 0.1) is 0 Å². The van der Waals surface area contributed by atoms with Gasteiger partial charge in [-0.25, -0.2) is 0 Å². The highest BCUT2D eigenvalue weighted by atomic mass is 19.4. The van der Waals surface area contributed by atoms with Crippen LogP contribution in [0.2, 0.25) is 0 Å². The second-order valence-corrected chi connectivity index (χ2v) is 4.62. The van der Waals surface area contributed by atoms with Crippen molar-refractivity contribution in [3.05, 3.63) is 17.8 Å². The summed E-state index contributed by atoms with van der Waals surface area (Å²) in [7, 11) is 0. The van der Waals surface area contributed by atoms with Crippen LogP contribution >= 0.6 is 0 Å². The van der Waals surface area contributed by atoms with Crippen LogP contribution in [0.1, 0.15) is 25.0 Å². The van der Waals surface area contributed by atoms with E-state index in [1.807, 2.05) is 0 Å². The van der Waals surface area contributed by atoms with Crippen LogP contribution in [0.4, 0.5) is 19.0 Å². The Morgan fingerprint density at radius 1 is 1.28 bits per heavy atom. The van der Waals surface area contributed by atoms with Crippen LogP contribution < -0.4 is 11.1 Å². The van der Waals surface area contributed by atoms with Gasteiger partial charge < -0.3 is 11.1 Å². The lowest BCUT2D eigenvalue weighted by atomic mass is 10.1. The van der Waals surface area contributed by atoms with Crippen molar-refractivity contribution in [1.82, 2.24) is 10.2 Å². The molecule has 0 spiro atoms. The Labute approximate surface area is 103 Å². The second-order valence-electron chi connectivity index (χ2n) is 4.62. The maximum Gasteiger partial charge on any atom is 0.435 e. The number of aromatic nitrogens is 2. The maximum absolute atomic E-state index is 12.3. The molecule has 4 nitrogen and oxygen atoms in total. The Morgan fingerprint density at radius 3 is 2.56 bits per heavy atom. The van der Waals surface area contributed by atoms with Gasteiger partial charge in [0.1, 0.15) is 5.82 Å². The molecule has 1 aromatic rings. The van der Waals surface area contributed by atoms with Crippen LogP contribution in [-0.4, -0.2) is 22.8 Å². The van der Waals surface area contributed by atoms with Gasteiger partial charge in [-0.2, -0.15) is 13.2 Å². The molecule has 3 N–H and O–H groups in total. The average molecular weight is 260 g/mol. The summed E-state index contributed by atoms with van der Waals surface area (Å²) in [6, 6.07) is 2.47. The number of hydrogen-bond acceptors (Lipinski definition) is 4. The van der Waals surface area contributed by atoms with Gasteiger partial charge in [0.15, 0.2) is 5.69 Å². The Kier molecular flexibility index (Phi) is 3.70. The Hall–Kier alpha value is -1.37. The van der Waals surface area contributed by atoms with Crippen LogP contribution in [0.25, 0.3) is 0 Å². The predicted molar refractivity (Wildman–Crippen MR) is 60.8 cm³/mol. The van der Waals surface area contributed by atoms with Crippen molar-refractivity contribution in [3.8, 4) is 0 Å². The Balaban J connectivity index is 1.87. The van der Waals surface area contributed by atoms with E-state index in [2.05, 4.69) is 15.5 Å². The molecule has 1 aromatic heterocycles. The number of alkyl halides is 3. The third kappa shape index (κ3) is 3.32. The number of anilines is 1. The molecule has 1 aliphatic rings. The summed E-state index contributed by atoms with van der Waals surface area (Å²) in [6.45, 7) is 0.674. The summed E-state index contributed by atoms with van der Waals surface area (Å²) in [5, 5.41) is 9.65. The summed E-state index contributed by atoms with van der Waals surface area (Å²) in [6.07, 6.45) is -1.45. The smallest absolute Gasteiger partial charge is 0.368 e. The minimum absolute atomic E-state index is 0.246. The molecule has 1 fully saturated rings. The minimum atomic E-state index is -4.44. The third-order valence-corrected chi connectivity index (χ3v) is 3.11. The molecule has 0 aliphatic heterocycles. The highest BCUT2D eigenvalue weighted by Gasteiger charge is 2.32. The van der Waals surface area contributed by atoms with Crippen molar-refractivity contribution in [2.24, 2.45) is 11.7 Å². The van der Waals surface area contributed by atoms with E-state index in [0.717, 1.165) is 25.3 Å². The lowest BCUT2D eigenvalue weighted by Crippen LogP contribution is -2.18. The lowest BCUT2D eigenvalue weighted by molar-refractivity contribution is -0.141. The predicted octanol–water partition coefficient (Wildman–Crippen LogP) is 2.03. The van der Waals surface area contributed by atoms with Crippen molar-refractivity contribution >= 4 is 5.82 Å². The number of nitrogens with one attached hydrogen (secondary N) is 1. The van der Waals surface area contributed by atoms with Crippen molar-refractivity contribution in [3.63, 3.8) is 0 Å². The quantitative estimate of drug-likeness (QED) is 0.873. The van der Waals surface area contributed by atoms with Gasteiger partial charge in [0.25, 0.3) is 0 Å². The van der Waals surface area contributed by atoms with E-state index in [1.165, 1.54) is 6.07 Å². The molecule has 7 heteroatoms. The highest BCUT2D eigenvalue weighted by molar-refractivity contribution is 5.33. The number of hydrogen-bond donors (Lipinski definition) is 2. The van der Waals surface area contributed by atoms with E-state index in [-0.39, 0.29) is 6.04 Å². The van der Waals surface area contributed by atoms with Gasteiger partial charge >= 0.3 is 6.18 Å². The molecular formula is C11H15F3N4. The van der Waals surface area contributed by atoms with E-state index >= 15 is 0 Å². The van der Waals surface area contributed by atoms with Gasteiger partial charge in [0, 0.05) is 12.6 Å². The lowest BCUT2D eigenvalue weighted by Gasteiger charge is -2.11. The minimum Gasteiger partial charge on any atom is -0.368 e. The molecule has 1 aliphatic carbocycles. The third-order valence-electron chi connectivity index (χ3n) is 3.11. The Bertz CT molecular complexity index is 390. The van der Waals surface area contributed by atoms with Crippen LogP contribution in [0.5, 0.6) is 0 Å². The van der Waals surface area contributed by atoms with Crippen molar-refractivity contribution < 1.29 is 13.2 Å². The maximum atomic E-state index is 12.3. The first-order valence-electron chi connectivity index (χ1n) is 5.85. The first kappa shape index (κ1) is 13.1. The number of halogens is 3. The zero-order valence-electron chi connectivity index (χ0n) is 9.74. The number of nitrogens with zero attached hydrogens (tertiary/aromatic N) is 2. The molecular weight excluding hydrogens is 245 g/mol.